The molecule has 0 unspecified atom stereocenters. The molecular weight excluding hydrogens is 288 g/mol. The Balaban J connectivity index is 3.23. The predicted molar refractivity (Wildman–Crippen MR) is 98.7 cm³/mol. The molecular formula is C19H37N2O2-. The molecule has 1 N–H and O–H groups in total. The van der Waals surface area contributed by atoms with Crippen molar-refractivity contribution in [2.45, 2.75) is 90.9 Å². The standard InChI is InChI=1S/C19H37N2O2/c1-4-21(23)20-17-13-9-5-6-11-15-19(22)16-12-8-7-10-14-18(2)3/h4,18,20H,1,5-17H2,2-3H3/q-1. The SMILES string of the molecule is C=CN([O-])NCCCCCCCC(=O)CCCCCCC(C)C. The fourth-order valence-corrected chi connectivity index (χ4v) is 2.58. The molecule has 0 rings (SSSR count). The fraction of sp³-hybridized carbons (Fsp3) is 0.842. The second kappa shape index (κ2) is 16.0. The number of hydrazine groups is 1. The maximum absolute atomic E-state index is 11.8. The van der Waals surface area contributed by atoms with Crippen LogP contribution in [0.15, 0.2) is 12.8 Å². The molecule has 0 amide bonds. The summed E-state index contributed by atoms with van der Waals surface area (Å²) in [7, 11) is 0. The summed E-state index contributed by atoms with van der Waals surface area (Å²) in [6.45, 7) is 8.59. The number of unbranched alkanes of at least 4 members (excludes halogenated alkanes) is 7. The molecule has 4 nitrogen and oxygen atoms in total. The fourth-order valence-electron chi connectivity index (χ4n) is 2.58. The lowest BCUT2D eigenvalue weighted by Crippen LogP contribution is -2.28. The molecule has 0 spiro atoms. The van der Waals surface area contributed by atoms with Crippen LogP contribution in [0.2, 0.25) is 0 Å². The minimum absolute atomic E-state index is 0.434. The summed E-state index contributed by atoms with van der Waals surface area (Å²) in [4.78, 5) is 11.8. The number of hydrogen-bond donors (Lipinski definition) is 1. The van der Waals surface area contributed by atoms with Crippen LogP contribution in [0, 0.1) is 11.1 Å². The van der Waals surface area contributed by atoms with Crippen molar-refractivity contribution >= 4 is 5.78 Å². The maximum Gasteiger partial charge on any atom is 0.132 e. The highest BCUT2D eigenvalue weighted by Crippen LogP contribution is 2.12. The average Bonchev–Trinajstić information content (AvgIpc) is 2.52. The van der Waals surface area contributed by atoms with Gasteiger partial charge in [-0.1, -0.05) is 65.4 Å². The molecule has 0 aliphatic carbocycles. The van der Waals surface area contributed by atoms with Gasteiger partial charge in [0.15, 0.2) is 0 Å². The first-order valence-electron chi connectivity index (χ1n) is 9.40. The van der Waals surface area contributed by atoms with Crippen molar-refractivity contribution < 1.29 is 4.79 Å². The van der Waals surface area contributed by atoms with E-state index >= 15 is 0 Å². The van der Waals surface area contributed by atoms with Gasteiger partial charge in [0.25, 0.3) is 0 Å². The van der Waals surface area contributed by atoms with Gasteiger partial charge >= 0.3 is 0 Å². The molecule has 0 aromatic rings. The maximum atomic E-state index is 11.8. The van der Waals surface area contributed by atoms with E-state index in [0.717, 1.165) is 57.3 Å². The van der Waals surface area contributed by atoms with Crippen LogP contribution >= 0.6 is 0 Å². The van der Waals surface area contributed by atoms with E-state index in [4.69, 9.17) is 0 Å². The van der Waals surface area contributed by atoms with E-state index in [1.807, 2.05) is 0 Å². The molecule has 136 valence electrons. The highest BCUT2D eigenvalue weighted by molar-refractivity contribution is 5.78. The molecule has 0 fully saturated rings. The number of nitrogens with zero attached hydrogens (tertiary/aromatic N) is 1. The van der Waals surface area contributed by atoms with Crippen LogP contribution < -0.4 is 5.43 Å². The number of carbonyl (C=O) groups is 1. The van der Waals surface area contributed by atoms with Crippen molar-refractivity contribution in [3.8, 4) is 0 Å². The molecule has 0 heterocycles. The van der Waals surface area contributed by atoms with Crippen LogP contribution in [-0.4, -0.2) is 17.5 Å². The van der Waals surface area contributed by atoms with Gasteiger partial charge in [-0.05, 0) is 31.4 Å². The molecule has 0 saturated heterocycles. The topological polar surface area (TPSA) is 55.4 Å². The van der Waals surface area contributed by atoms with E-state index in [9.17, 15) is 10.0 Å². The second-order valence-electron chi connectivity index (χ2n) is 6.82. The molecule has 4 heteroatoms. The van der Waals surface area contributed by atoms with E-state index in [0.29, 0.717) is 17.5 Å². The van der Waals surface area contributed by atoms with Gasteiger partial charge < -0.3 is 10.4 Å². The molecule has 0 atom stereocenters. The van der Waals surface area contributed by atoms with Crippen molar-refractivity contribution in [2.24, 2.45) is 5.92 Å². The van der Waals surface area contributed by atoms with E-state index in [-0.39, 0.29) is 0 Å². The lowest BCUT2D eigenvalue weighted by atomic mass is 10.0. The highest BCUT2D eigenvalue weighted by Gasteiger charge is 2.02. The molecule has 0 bridgehead atoms. The van der Waals surface area contributed by atoms with Crippen LogP contribution in [0.3, 0.4) is 0 Å². The number of rotatable bonds is 17. The molecule has 0 aromatic heterocycles. The Labute approximate surface area is 143 Å². The summed E-state index contributed by atoms with van der Waals surface area (Å²) in [5.41, 5.74) is 2.69. The summed E-state index contributed by atoms with van der Waals surface area (Å²) >= 11 is 0. The minimum Gasteiger partial charge on any atom is -0.744 e. The van der Waals surface area contributed by atoms with Crippen LogP contribution in [0.4, 0.5) is 0 Å². The first-order valence-corrected chi connectivity index (χ1v) is 9.40. The number of ketones is 1. The highest BCUT2D eigenvalue weighted by atomic mass is 16.5. The second-order valence-corrected chi connectivity index (χ2v) is 6.82. The Morgan fingerprint density at radius 2 is 1.52 bits per heavy atom. The van der Waals surface area contributed by atoms with Crippen LogP contribution in [-0.2, 0) is 4.79 Å². The molecule has 23 heavy (non-hydrogen) atoms. The summed E-state index contributed by atoms with van der Waals surface area (Å²) in [6.07, 6.45) is 14.2. The minimum atomic E-state index is 0.434. The first kappa shape index (κ1) is 22.1. The third-order valence-corrected chi connectivity index (χ3v) is 4.05. The summed E-state index contributed by atoms with van der Waals surface area (Å²) in [5, 5.41) is 11.5. The molecule has 0 saturated carbocycles. The third-order valence-electron chi connectivity index (χ3n) is 4.05. The Bertz CT molecular complexity index is 293. The lowest BCUT2D eigenvalue weighted by Gasteiger charge is -2.25. The summed E-state index contributed by atoms with van der Waals surface area (Å²) in [6, 6.07) is 0. The van der Waals surface area contributed by atoms with Crippen molar-refractivity contribution in [1.29, 1.82) is 0 Å². The van der Waals surface area contributed by atoms with Gasteiger partial charge in [0, 0.05) is 19.4 Å². The zero-order valence-corrected chi connectivity index (χ0v) is 15.3. The van der Waals surface area contributed by atoms with E-state index in [1.165, 1.54) is 31.9 Å². The Morgan fingerprint density at radius 1 is 1.00 bits per heavy atom. The Hall–Kier alpha value is -0.870. The van der Waals surface area contributed by atoms with Gasteiger partial charge in [-0.25, -0.2) is 5.43 Å². The Morgan fingerprint density at radius 3 is 2.09 bits per heavy atom. The van der Waals surface area contributed by atoms with Crippen LogP contribution in [0.5, 0.6) is 0 Å². The van der Waals surface area contributed by atoms with Gasteiger partial charge in [-0.15, -0.1) is 0 Å². The quantitative estimate of drug-likeness (QED) is 0.290. The molecule has 0 radical (unpaired) electrons. The molecule has 0 aliphatic rings. The zero-order valence-electron chi connectivity index (χ0n) is 15.3. The third kappa shape index (κ3) is 17.3. The van der Waals surface area contributed by atoms with E-state index in [1.54, 1.807) is 0 Å². The number of nitrogens with one attached hydrogen (secondary N) is 1. The summed E-state index contributed by atoms with van der Waals surface area (Å²) < 4.78 is 0. The van der Waals surface area contributed by atoms with Gasteiger partial charge in [-0.3, -0.25) is 4.79 Å². The molecule has 0 aromatic carbocycles. The zero-order chi connectivity index (χ0) is 17.3. The largest absolute Gasteiger partial charge is 0.744 e. The van der Waals surface area contributed by atoms with E-state index < -0.39 is 0 Å². The number of carbonyl (C=O) groups excluding carboxylic acids is 1. The van der Waals surface area contributed by atoms with Gasteiger partial charge in [-0.2, -0.15) is 0 Å². The van der Waals surface area contributed by atoms with Crippen molar-refractivity contribution in [3.05, 3.63) is 18.0 Å². The van der Waals surface area contributed by atoms with E-state index in [2.05, 4.69) is 25.9 Å². The normalized spacial score (nSPS) is 11.0. The van der Waals surface area contributed by atoms with Gasteiger partial charge in [0.2, 0.25) is 0 Å². The monoisotopic (exact) mass is 325 g/mol. The number of hydroxylamine groups is 1. The number of Topliss-reactive ketones (excluding diaryl/α,β-unsaturated/α-hetero) is 1. The summed E-state index contributed by atoms with van der Waals surface area (Å²) in [5.74, 6) is 1.23. The smallest absolute Gasteiger partial charge is 0.132 e. The molecule has 0 aliphatic heterocycles. The average molecular weight is 326 g/mol. The van der Waals surface area contributed by atoms with Crippen LogP contribution in [0.1, 0.15) is 90.9 Å². The van der Waals surface area contributed by atoms with Gasteiger partial charge in [0.1, 0.15) is 5.78 Å². The first-order chi connectivity index (χ1) is 11.1. The van der Waals surface area contributed by atoms with Crippen molar-refractivity contribution in [3.63, 3.8) is 0 Å². The Kier molecular flexibility index (Phi) is 15.4. The van der Waals surface area contributed by atoms with Crippen molar-refractivity contribution in [1.82, 2.24) is 10.6 Å². The van der Waals surface area contributed by atoms with Crippen LogP contribution in [0.25, 0.3) is 0 Å². The lowest BCUT2D eigenvalue weighted by molar-refractivity contribution is -0.119. The number of hydrogen-bond acceptors (Lipinski definition) is 4. The predicted octanol–water partition coefficient (Wildman–Crippen LogP) is 5.34. The van der Waals surface area contributed by atoms with Gasteiger partial charge in [0.05, 0.1) is 0 Å². The van der Waals surface area contributed by atoms with Crippen molar-refractivity contribution in [2.75, 3.05) is 6.54 Å².